The third kappa shape index (κ3) is 10.3. The maximum absolute atomic E-state index is 12.1. The molecule has 0 bridgehead atoms. The van der Waals surface area contributed by atoms with Crippen molar-refractivity contribution in [2.24, 2.45) is 5.14 Å². The highest BCUT2D eigenvalue weighted by molar-refractivity contribution is 7.92. The topological polar surface area (TPSA) is 201 Å². The van der Waals surface area contributed by atoms with Crippen LogP contribution in [0.15, 0.2) is 42.6 Å². The second kappa shape index (κ2) is 12.2. The van der Waals surface area contributed by atoms with E-state index in [4.69, 9.17) is 15.0 Å². The number of amides is 1. The van der Waals surface area contributed by atoms with Gasteiger partial charge in [-0.05, 0) is 41.8 Å². The molecule has 3 rings (SSSR count). The molecule has 1 aromatic carbocycles. The molecule has 0 saturated heterocycles. The number of primary sulfonamides is 1. The number of anilines is 1. The first-order valence-electron chi connectivity index (χ1n) is 10.6. The lowest BCUT2D eigenvalue weighted by Crippen LogP contribution is -2.28. The monoisotopic (exact) mass is 579 g/mol. The van der Waals surface area contributed by atoms with Gasteiger partial charge in [-0.3, -0.25) is 9.52 Å². The molecule has 0 spiro atoms. The first-order chi connectivity index (χ1) is 17.4. The van der Waals surface area contributed by atoms with E-state index in [0.717, 1.165) is 22.8 Å². The van der Waals surface area contributed by atoms with Gasteiger partial charge in [-0.1, -0.05) is 12.1 Å². The average Bonchev–Trinajstić information content (AvgIpc) is 3.18. The Balaban J connectivity index is 0.000000638. The largest absolute Gasteiger partial charge is 0.490 e. The summed E-state index contributed by atoms with van der Waals surface area (Å²) in [6.07, 6.45) is -2.02. The minimum atomic E-state index is -5.08. The predicted octanol–water partition coefficient (Wildman–Crippen LogP) is 1.57. The first kappa shape index (κ1) is 30.5. The van der Waals surface area contributed by atoms with E-state index in [1.54, 1.807) is 30.5 Å². The van der Waals surface area contributed by atoms with Gasteiger partial charge < -0.3 is 15.4 Å². The van der Waals surface area contributed by atoms with Crippen molar-refractivity contribution in [1.29, 1.82) is 0 Å². The van der Waals surface area contributed by atoms with E-state index in [9.17, 15) is 34.8 Å². The van der Waals surface area contributed by atoms with Crippen LogP contribution < -0.4 is 15.2 Å². The number of hydrogen-bond donors (Lipinski definition) is 5. The summed E-state index contributed by atoms with van der Waals surface area (Å²) in [7, 11) is -6.89. The number of rotatable bonds is 9. The van der Waals surface area contributed by atoms with Crippen molar-refractivity contribution in [3.63, 3.8) is 0 Å². The number of carbonyl (C=O) groups excluding carboxylic acids is 1. The number of sulfonamides is 2. The normalized spacial score (nSPS) is 11.9. The molecule has 17 heteroatoms. The lowest BCUT2D eigenvalue weighted by Gasteiger charge is -2.06. The molecule has 0 unspecified atom stereocenters. The maximum atomic E-state index is 12.1. The number of aromatic amines is 1. The van der Waals surface area contributed by atoms with E-state index in [-0.39, 0.29) is 31.0 Å². The van der Waals surface area contributed by atoms with Crippen LogP contribution >= 0.6 is 0 Å². The van der Waals surface area contributed by atoms with Crippen LogP contribution in [0.4, 0.5) is 18.9 Å². The Bertz CT molecular complexity index is 1500. The fraction of sp³-hybridized carbons (Fsp3) is 0.286. The van der Waals surface area contributed by atoms with Gasteiger partial charge in [0.15, 0.2) is 0 Å². The second-order valence-corrected chi connectivity index (χ2v) is 11.4. The van der Waals surface area contributed by atoms with Crippen LogP contribution in [0.1, 0.15) is 12.1 Å². The van der Waals surface area contributed by atoms with E-state index in [2.05, 4.69) is 20.0 Å². The lowest BCUT2D eigenvalue weighted by atomic mass is 10.0. The number of pyridine rings is 1. The molecule has 2 heterocycles. The molecule has 0 fully saturated rings. The predicted molar refractivity (Wildman–Crippen MR) is 133 cm³/mol. The molecule has 12 nitrogen and oxygen atoms in total. The summed E-state index contributed by atoms with van der Waals surface area (Å²) in [6.45, 7) is 0.215. The van der Waals surface area contributed by atoms with Crippen LogP contribution in [-0.2, 0) is 36.1 Å². The van der Waals surface area contributed by atoms with Crippen molar-refractivity contribution >= 4 is 48.6 Å². The number of halogens is 3. The van der Waals surface area contributed by atoms with Crippen molar-refractivity contribution in [2.75, 3.05) is 23.3 Å². The van der Waals surface area contributed by atoms with E-state index >= 15 is 0 Å². The van der Waals surface area contributed by atoms with E-state index in [1.807, 2.05) is 12.1 Å². The molecule has 0 aliphatic rings. The zero-order valence-corrected chi connectivity index (χ0v) is 21.4. The van der Waals surface area contributed by atoms with Gasteiger partial charge in [0.2, 0.25) is 26.0 Å². The van der Waals surface area contributed by atoms with Crippen molar-refractivity contribution in [3.05, 3.63) is 48.3 Å². The van der Waals surface area contributed by atoms with Gasteiger partial charge in [-0.2, -0.15) is 13.2 Å². The number of carbonyl (C=O) groups is 2. The summed E-state index contributed by atoms with van der Waals surface area (Å²) in [6, 6.07) is 10.6. The quantitative estimate of drug-likeness (QED) is 0.235. The summed E-state index contributed by atoms with van der Waals surface area (Å²) in [5, 5.41) is 15.5. The Morgan fingerprint density at radius 2 is 1.71 bits per heavy atom. The van der Waals surface area contributed by atoms with E-state index in [1.165, 1.54) is 0 Å². The van der Waals surface area contributed by atoms with Gasteiger partial charge in [0.1, 0.15) is 5.65 Å². The number of fused-ring (bicyclic) bond motifs is 1. The Labute approximate surface area is 215 Å². The van der Waals surface area contributed by atoms with Gasteiger partial charge in [0.25, 0.3) is 0 Å². The molecule has 208 valence electrons. The molecule has 3 aromatic rings. The molecule has 6 N–H and O–H groups in total. The molecule has 0 aliphatic carbocycles. The van der Waals surface area contributed by atoms with Crippen molar-refractivity contribution in [3.8, 4) is 11.1 Å². The van der Waals surface area contributed by atoms with Crippen LogP contribution in [0.3, 0.4) is 0 Å². The number of nitrogens with zero attached hydrogens (tertiary/aromatic N) is 1. The molecule has 0 saturated carbocycles. The van der Waals surface area contributed by atoms with E-state index < -0.39 is 32.2 Å². The summed E-state index contributed by atoms with van der Waals surface area (Å²) < 4.78 is 78.7. The molecule has 0 atom stereocenters. The minimum Gasteiger partial charge on any atom is -0.475 e. The summed E-state index contributed by atoms with van der Waals surface area (Å²) in [5.41, 5.74) is 3.49. The fourth-order valence-corrected chi connectivity index (χ4v) is 4.21. The smallest absolute Gasteiger partial charge is 0.475 e. The maximum Gasteiger partial charge on any atom is 0.490 e. The van der Waals surface area contributed by atoms with Gasteiger partial charge in [0.05, 0.1) is 18.4 Å². The third-order valence-electron chi connectivity index (χ3n) is 4.61. The molecular weight excluding hydrogens is 555 g/mol. The first-order valence-corrected chi connectivity index (χ1v) is 14.2. The molecular formula is C21H24F3N5O7S2. The minimum absolute atomic E-state index is 0.0857. The Hall–Kier alpha value is -3.70. The molecule has 0 aliphatic heterocycles. The van der Waals surface area contributed by atoms with Crippen LogP contribution in [0.5, 0.6) is 0 Å². The van der Waals surface area contributed by atoms with Gasteiger partial charge in [-0.25, -0.2) is 31.8 Å². The van der Waals surface area contributed by atoms with Crippen LogP contribution in [0.25, 0.3) is 22.2 Å². The number of nitrogens with two attached hydrogens (primary N) is 1. The summed E-state index contributed by atoms with van der Waals surface area (Å²) in [4.78, 5) is 28.4. The lowest BCUT2D eigenvalue weighted by molar-refractivity contribution is -0.192. The number of aromatic nitrogens is 2. The van der Waals surface area contributed by atoms with Crippen molar-refractivity contribution in [1.82, 2.24) is 15.3 Å². The van der Waals surface area contributed by atoms with Crippen molar-refractivity contribution in [2.45, 2.75) is 19.0 Å². The SMILES string of the molecule is CS(=O)(=O)Nc1ccc(-c2ccnc3[nH]c(CC(=O)NCCCS(N)(=O)=O)cc23)cc1.O=C(O)C(F)(F)F. The van der Waals surface area contributed by atoms with Gasteiger partial charge >= 0.3 is 12.1 Å². The number of nitrogens with one attached hydrogen (secondary N) is 3. The van der Waals surface area contributed by atoms with Crippen LogP contribution in [0.2, 0.25) is 0 Å². The number of carboxylic acid groups (broad SMARTS) is 1. The summed E-state index contributed by atoms with van der Waals surface area (Å²) in [5.74, 6) is -3.20. The van der Waals surface area contributed by atoms with Crippen LogP contribution in [-0.4, -0.2) is 68.5 Å². The Morgan fingerprint density at radius 1 is 1.11 bits per heavy atom. The standard InChI is InChI=1S/C19H23N5O5S2.C2HF3O2/c1-30(26,27)24-14-5-3-13(4-6-14)16-7-9-22-19-17(16)11-15(23-19)12-18(25)21-8-2-10-31(20,28)29;3-2(4,5)1(6)7/h3-7,9,11,24H,2,8,10,12H2,1H3,(H,21,25)(H,22,23)(H2,20,28,29);(H,6,7). The molecule has 38 heavy (non-hydrogen) atoms. The molecule has 0 radical (unpaired) electrons. The third-order valence-corrected chi connectivity index (χ3v) is 6.07. The van der Waals surface area contributed by atoms with Crippen molar-refractivity contribution < 1.29 is 44.7 Å². The molecule has 2 aromatic heterocycles. The number of aliphatic carboxylic acids is 1. The zero-order chi connectivity index (χ0) is 28.7. The summed E-state index contributed by atoms with van der Waals surface area (Å²) >= 11 is 0. The van der Waals surface area contributed by atoms with Gasteiger partial charge in [-0.15, -0.1) is 0 Å². The average molecular weight is 580 g/mol. The number of carboxylic acids is 1. The Morgan fingerprint density at radius 3 is 2.24 bits per heavy atom. The van der Waals surface area contributed by atoms with Crippen LogP contribution in [0, 0.1) is 0 Å². The molecule has 1 amide bonds. The number of H-pyrrole nitrogens is 1. The number of hydrogen-bond acceptors (Lipinski definition) is 7. The second-order valence-electron chi connectivity index (χ2n) is 7.92. The number of benzene rings is 1. The highest BCUT2D eigenvalue weighted by Gasteiger charge is 2.38. The fourth-order valence-electron chi connectivity index (χ4n) is 3.10. The van der Waals surface area contributed by atoms with Gasteiger partial charge in [0, 0.05) is 29.5 Å². The highest BCUT2D eigenvalue weighted by atomic mass is 32.2. The van der Waals surface area contributed by atoms with E-state index in [0.29, 0.717) is 17.0 Å². The zero-order valence-electron chi connectivity index (χ0n) is 19.7. The highest BCUT2D eigenvalue weighted by Crippen LogP contribution is 2.29. The Kier molecular flexibility index (Phi) is 9.82. The number of alkyl halides is 3.